The van der Waals surface area contributed by atoms with E-state index in [9.17, 15) is 0 Å². The maximum Gasteiger partial charge on any atom is 0.178 e. The largest absolute Gasteiger partial charge is 0.359 e. The third-order valence-electron chi connectivity index (χ3n) is 3.75. The molecule has 0 bridgehead atoms. The van der Waals surface area contributed by atoms with Crippen LogP contribution >= 0.6 is 45.2 Å². The summed E-state index contributed by atoms with van der Waals surface area (Å²) in [6.45, 7) is 5.41. The van der Waals surface area contributed by atoms with Gasteiger partial charge in [-0.2, -0.15) is 0 Å². The van der Waals surface area contributed by atoms with Crippen LogP contribution in [0, 0.1) is 0 Å². The molecule has 4 nitrogen and oxygen atoms in total. The van der Waals surface area contributed by atoms with Gasteiger partial charge < -0.3 is 19.6 Å². The summed E-state index contributed by atoms with van der Waals surface area (Å²) >= 11 is 5.07. The van der Waals surface area contributed by atoms with E-state index in [1.54, 1.807) is 0 Å². The lowest BCUT2D eigenvalue weighted by Crippen LogP contribution is -2.55. The van der Waals surface area contributed by atoms with Gasteiger partial charge in [-0.1, -0.05) is 22.6 Å². The fraction of sp³-hybridized carbons (Fsp3) is 0.667. The molecule has 2 heterocycles. The minimum Gasteiger partial charge on any atom is -0.359 e. The number of nitrogens with zero attached hydrogens (tertiary/aromatic N) is 4. The summed E-state index contributed by atoms with van der Waals surface area (Å²) in [5.41, 5.74) is 0. The van der Waals surface area contributed by atoms with Crippen LogP contribution < -0.4 is 0 Å². The normalized spacial score (nSPS) is 32.9. The lowest BCUT2D eigenvalue weighted by Gasteiger charge is -2.44. The summed E-state index contributed by atoms with van der Waals surface area (Å²) in [7, 11) is 4.26. The fourth-order valence-corrected chi connectivity index (χ4v) is 3.53. The Hall–Kier alpha value is 0.140. The first-order valence-electron chi connectivity index (χ1n) is 6.04. The summed E-state index contributed by atoms with van der Waals surface area (Å²) in [6.07, 6.45) is 9.09. The highest BCUT2D eigenvalue weighted by atomic mass is 127. The molecule has 0 aliphatic carbocycles. The highest BCUT2D eigenvalue weighted by Gasteiger charge is 2.44. The molecule has 0 aromatic heterocycles. The molecule has 2 rings (SSSR count). The lowest BCUT2D eigenvalue weighted by atomic mass is 10.3. The summed E-state index contributed by atoms with van der Waals surface area (Å²) in [5, 5.41) is 0. The predicted molar refractivity (Wildman–Crippen MR) is 92.0 cm³/mol. The number of halogens is 2. The molecule has 0 aromatic carbocycles. The maximum atomic E-state index is 2.56. The van der Waals surface area contributed by atoms with Crippen LogP contribution in [0.2, 0.25) is 0 Å². The molecule has 0 radical (unpaired) electrons. The summed E-state index contributed by atoms with van der Waals surface area (Å²) < 4.78 is 0.544. The van der Waals surface area contributed by atoms with Gasteiger partial charge in [0, 0.05) is 38.9 Å². The standard InChI is InChI=1S/C12H20I2N4/c1-10(13)12(14)16(4)6-8-18(12)9-17-7-5-15(3)11(17)2/h5-8,10-11H,9H2,1-4H3. The Morgan fingerprint density at radius 3 is 2.39 bits per heavy atom. The third kappa shape index (κ3) is 2.30. The number of hydrogen-bond donors (Lipinski definition) is 0. The van der Waals surface area contributed by atoms with Gasteiger partial charge in [0.25, 0.3) is 0 Å². The Labute approximate surface area is 137 Å². The monoisotopic (exact) mass is 474 g/mol. The molecule has 0 N–H and O–H groups in total. The highest BCUT2D eigenvalue weighted by molar-refractivity contribution is 14.1. The van der Waals surface area contributed by atoms with Crippen LogP contribution in [0.4, 0.5) is 0 Å². The van der Waals surface area contributed by atoms with Gasteiger partial charge in [0.05, 0.1) is 16.8 Å². The molecule has 0 saturated carbocycles. The lowest BCUT2D eigenvalue weighted by molar-refractivity contribution is 0.0778. The van der Waals surface area contributed by atoms with E-state index < -0.39 is 0 Å². The van der Waals surface area contributed by atoms with Crippen molar-refractivity contribution in [1.82, 2.24) is 19.6 Å². The van der Waals surface area contributed by atoms with Gasteiger partial charge in [-0.25, -0.2) is 0 Å². The molecule has 3 unspecified atom stereocenters. The van der Waals surface area contributed by atoms with Crippen molar-refractivity contribution in [1.29, 1.82) is 0 Å². The molecule has 102 valence electrons. The quantitative estimate of drug-likeness (QED) is 0.355. The van der Waals surface area contributed by atoms with Crippen LogP contribution in [0.3, 0.4) is 0 Å². The van der Waals surface area contributed by atoms with Crippen LogP contribution in [0.15, 0.2) is 24.8 Å². The van der Waals surface area contributed by atoms with E-state index in [1.165, 1.54) is 0 Å². The topological polar surface area (TPSA) is 13.0 Å². The number of hydrogen-bond acceptors (Lipinski definition) is 4. The van der Waals surface area contributed by atoms with Crippen molar-refractivity contribution in [2.24, 2.45) is 0 Å². The molecule has 0 aromatic rings. The van der Waals surface area contributed by atoms with Crippen molar-refractivity contribution < 1.29 is 0 Å². The van der Waals surface area contributed by atoms with Gasteiger partial charge in [-0.3, -0.25) is 0 Å². The van der Waals surface area contributed by atoms with E-state index in [0.29, 0.717) is 10.1 Å². The van der Waals surface area contributed by atoms with E-state index >= 15 is 0 Å². The van der Waals surface area contributed by atoms with Crippen LogP contribution in [0.5, 0.6) is 0 Å². The van der Waals surface area contributed by atoms with Crippen LogP contribution in [0.1, 0.15) is 13.8 Å². The first kappa shape index (κ1) is 14.5. The zero-order valence-corrected chi connectivity index (χ0v) is 15.5. The predicted octanol–water partition coefficient (Wildman–Crippen LogP) is 2.64. The second-order valence-electron chi connectivity index (χ2n) is 4.88. The van der Waals surface area contributed by atoms with Gasteiger partial charge in [-0.05, 0) is 36.4 Å². The summed E-state index contributed by atoms with van der Waals surface area (Å²) in [6, 6.07) is 0. The Bertz CT molecular complexity index is 371. The Kier molecular flexibility index (Phi) is 4.25. The van der Waals surface area contributed by atoms with E-state index in [1.807, 2.05) is 0 Å². The van der Waals surface area contributed by atoms with Gasteiger partial charge in [0.15, 0.2) is 3.67 Å². The molecular weight excluding hydrogens is 454 g/mol. The molecular formula is C12H20I2N4. The van der Waals surface area contributed by atoms with E-state index in [0.717, 1.165) is 6.67 Å². The zero-order chi connectivity index (χ0) is 13.5. The average Bonchev–Trinajstić information content (AvgIpc) is 2.78. The average molecular weight is 474 g/mol. The van der Waals surface area contributed by atoms with Crippen molar-refractivity contribution >= 4 is 45.2 Å². The molecule has 6 heteroatoms. The van der Waals surface area contributed by atoms with Crippen molar-refractivity contribution in [3.05, 3.63) is 24.8 Å². The second-order valence-corrected chi connectivity index (χ2v) is 8.34. The molecule has 3 atom stereocenters. The van der Waals surface area contributed by atoms with Gasteiger partial charge in [0.2, 0.25) is 0 Å². The van der Waals surface area contributed by atoms with Gasteiger partial charge in [-0.15, -0.1) is 0 Å². The Morgan fingerprint density at radius 1 is 1.22 bits per heavy atom. The van der Waals surface area contributed by atoms with Gasteiger partial charge >= 0.3 is 0 Å². The zero-order valence-electron chi connectivity index (χ0n) is 11.2. The minimum absolute atomic E-state index is 0.0209. The summed E-state index contributed by atoms with van der Waals surface area (Å²) in [4.78, 5) is 9.28. The SMILES string of the molecule is CC1N(C)C=CN1CN1C=CN(C)C1(I)C(C)I. The molecule has 2 aliphatic rings. The van der Waals surface area contributed by atoms with Crippen LogP contribution in [0.25, 0.3) is 0 Å². The van der Waals surface area contributed by atoms with Crippen molar-refractivity contribution in [3.8, 4) is 0 Å². The molecule has 0 fully saturated rings. The van der Waals surface area contributed by atoms with Gasteiger partial charge in [0.1, 0.15) is 0 Å². The summed E-state index contributed by atoms with van der Waals surface area (Å²) in [5.74, 6) is 0. The van der Waals surface area contributed by atoms with Crippen LogP contribution in [-0.4, -0.2) is 54.1 Å². The molecule has 0 saturated heterocycles. The van der Waals surface area contributed by atoms with Crippen molar-refractivity contribution in [2.75, 3.05) is 20.8 Å². The molecule has 0 spiro atoms. The minimum atomic E-state index is 0.0209. The Morgan fingerprint density at radius 2 is 1.89 bits per heavy atom. The number of alkyl halides is 2. The molecule has 2 aliphatic heterocycles. The molecule has 0 amide bonds. The van der Waals surface area contributed by atoms with E-state index in [4.69, 9.17) is 0 Å². The van der Waals surface area contributed by atoms with Crippen molar-refractivity contribution in [3.63, 3.8) is 0 Å². The smallest absolute Gasteiger partial charge is 0.178 e. The first-order chi connectivity index (χ1) is 8.37. The van der Waals surface area contributed by atoms with Crippen LogP contribution in [-0.2, 0) is 0 Å². The number of rotatable bonds is 3. The maximum absolute atomic E-state index is 2.56. The fourth-order valence-electron chi connectivity index (χ4n) is 2.26. The van der Waals surface area contributed by atoms with Crippen molar-refractivity contribution in [2.45, 2.75) is 27.6 Å². The third-order valence-corrected chi connectivity index (χ3v) is 8.13. The van der Waals surface area contributed by atoms with E-state index in [2.05, 4.69) is 118 Å². The van der Waals surface area contributed by atoms with E-state index in [-0.39, 0.29) is 3.67 Å². The Balaban J connectivity index is 2.10. The second kappa shape index (κ2) is 5.26. The first-order valence-corrected chi connectivity index (χ1v) is 8.36. The highest BCUT2D eigenvalue weighted by Crippen LogP contribution is 2.40. The molecule has 18 heavy (non-hydrogen) atoms.